The molecule has 2 aromatic carbocycles. The van der Waals surface area contributed by atoms with Crippen molar-refractivity contribution in [2.45, 2.75) is 19.2 Å². The van der Waals surface area contributed by atoms with Crippen molar-refractivity contribution in [2.75, 3.05) is 13.1 Å². The van der Waals surface area contributed by atoms with E-state index in [0.717, 1.165) is 32.5 Å². The SMILES string of the molecule is O=C(CN1Cc2ccccc2O[C@H](c2ccccc2)C1)NCc1csc(-c2cccs2)n1. The summed E-state index contributed by atoms with van der Waals surface area (Å²) in [6, 6.07) is 22.3. The lowest BCUT2D eigenvalue weighted by Gasteiger charge is -2.23. The average molecular weight is 462 g/mol. The number of para-hydroxylation sites is 1. The molecule has 0 fully saturated rings. The number of hydrogen-bond acceptors (Lipinski definition) is 6. The summed E-state index contributed by atoms with van der Waals surface area (Å²) >= 11 is 3.28. The lowest BCUT2D eigenvalue weighted by atomic mass is 10.1. The van der Waals surface area contributed by atoms with Gasteiger partial charge in [-0.3, -0.25) is 9.69 Å². The second-order valence-electron chi connectivity index (χ2n) is 7.69. The first-order valence-corrected chi connectivity index (χ1v) is 12.3. The standard InChI is InChI=1S/C25H23N3O2S2/c29-24(26-13-20-17-32-25(27-20)23-11-6-12-31-23)16-28-14-19-9-4-5-10-21(19)30-22(15-28)18-7-2-1-3-8-18/h1-12,17,22H,13-16H2,(H,26,29)/t22-/m0/s1. The van der Waals surface area contributed by atoms with Crippen LogP contribution in [0.4, 0.5) is 0 Å². The largest absolute Gasteiger partial charge is 0.484 e. The summed E-state index contributed by atoms with van der Waals surface area (Å²) < 4.78 is 6.34. The number of rotatable bonds is 6. The molecule has 1 atom stereocenters. The molecular weight excluding hydrogens is 438 g/mol. The third kappa shape index (κ3) is 4.91. The number of carbonyl (C=O) groups is 1. The van der Waals surface area contributed by atoms with E-state index in [1.165, 1.54) is 0 Å². The number of hydrogen-bond donors (Lipinski definition) is 1. The number of thiophene rings is 1. The molecule has 1 amide bonds. The predicted octanol–water partition coefficient (Wildman–Crippen LogP) is 5.12. The van der Waals surface area contributed by atoms with Crippen LogP contribution in [0.5, 0.6) is 5.75 Å². The molecule has 0 spiro atoms. The summed E-state index contributed by atoms with van der Waals surface area (Å²) in [5.74, 6) is 0.870. The van der Waals surface area contributed by atoms with Gasteiger partial charge in [-0.25, -0.2) is 4.98 Å². The minimum atomic E-state index is -0.125. The Morgan fingerprint density at radius 1 is 1.06 bits per heavy atom. The van der Waals surface area contributed by atoms with Crippen LogP contribution in [0, 0.1) is 0 Å². The van der Waals surface area contributed by atoms with Crippen molar-refractivity contribution in [3.63, 3.8) is 0 Å². The molecule has 7 heteroatoms. The number of ether oxygens (including phenoxy) is 1. The second kappa shape index (κ2) is 9.65. The quantitative estimate of drug-likeness (QED) is 0.433. The maximum absolute atomic E-state index is 12.8. The van der Waals surface area contributed by atoms with Crippen molar-refractivity contribution in [1.82, 2.24) is 15.2 Å². The molecule has 162 valence electrons. The molecule has 5 nitrogen and oxygen atoms in total. The van der Waals surface area contributed by atoms with Crippen molar-refractivity contribution < 1.29 is 9.53 Å². The summed E-state index contributed by atoms with van der Waals surface area (Å²) in [7, 11) is 0. The van der Waals surface area contributed by atoms with Gasteiger partial charge in [0.15, 0.2) is 0 Å². The Hall–Kier alpha value is -3.00. The molecule has 0 radical (unpaired) electrons. The number of thiazole rings is 1. The van der Waals surface area contributed by atoms with Crippen LogP contribution in [0.3, 0.4) is 0 Å². The van der Waals surface area contributed by atoms with Crippen LogP contribution in [0.15, 0.2) is 77.5 Å². The van der Waals surface area contributed by atoms with Crippen molar-refractivity contribution in [3.8, 4) is 15.6 Å². The van der Waals surface area contributed by atoms with Crippen LogP contribution in [0.2, 0.25) is 0 Å². The summed E-state index contributed by atoms with van der Waals surface area (Å²) in [6.45, 7) is 2.06. The van der Waals surface area contributed by atoms with E-state index in [4.69, 9.17) is 4.74 Å². The summed E-state index contributed by atoms with van der Waals surface area (Å²) in [6.07, 6.45) is -0.125. The normalized spacial score (nSPS) is 16.1. The van der Waals surface area contributed by atoms with Gasteiger partial charge in [-0.15, -0.1) is 22.7 Å². The zero-order chi connectivity index (χ0) is 21.8. The van der Waals surface area contributed by atoms with Crippen LogP contribution in [0.25, 0.3) is 9.88 Å². The molecule has 0 saturated carbocycles. The fourth-order valence-corrected chi connectivity index (χ4v) is 5.43. The molecule has 0 unspecified atom stereocenters. The molecule has 5 rings (SSSR count). The number of nitrogens with zero attached hydrogens (tertiary/aromatic N) is 2. The Morgan fingerprint density at radius 2 is 1.91 bits per heavy atom. The highest BCUT2D eigenvalue weighted by Crippen LogP contribution is 2.31. The van der Waals surface area contributed by atoms with Gasteiger partial charge in [0.25, 0.3) is 0 Å². The molecular formula is C25H23N3O2S2. The predicted molar refractivity (Wildman–Crippen MR) is 129 cm³/mol. The Morgan fingerprint density at radius 3 is 2.75 bits per heavy atom. The van der Waals surface area contributed by atoms with Gasteiger partial charge < -0.3 is 10.1 Å². The second-order valence-corrected chi connectivity index (χ2v) is 9.50. The first-order valence-electron chi connectivity index (χ1n) is 10.5. The smallest absolute Gasteiger partial charge is 0.234 e. The highest BCUT2D eigenvalue weighted by molar-refractivity contribution is 7.20. The summed E-state index contributed by atoms with van der Waals surface area (Å²) in [4.78, 5) is 20.7. The van der Waals surface area contributed by atoms with Crippen LogP contribution in [0.1, 0.15) is 22.9 Å². The molecule has 32 heavy (non-hydrogen) atoms. The van der Waals surface area contributed by atoms with Gasteiger partial charge in [0.05, 0.1) is 23.7 Å². The number of nitrogens with one attached hydrogen (secondary N) is 1. The Kier molecular flexibility index (Phi) is 6.29. The van der Waals surface area contributed by atoms with E-state index in [1.807, 2.05) is 53.2 Å². The van der Waals surface area contributed by atoms with Crippen LogP contribution >= 0.6 is 22.7 Å². The molecule has 1 N–H and O–H groups in total. The first-order chi connectivity index (χ1) is 15.7. The van der Waals surface area contributed by atoms with Crippen LogP contribution < -0.4 is 10.1 Å². The minimum Gasteiger partial charge on any atom is -0.484 e. The van der Waals surface area contributed by atoms with E-state index < -0.39 is 0 Å². The molecule has 0 bridgehead atoms. The topological polar surface area (TPSA) is 54.5 Å². The molecule has 1 aliphatic rings. The van der Waals surface area contributed by atoms with Gasteiger partial charge in [-0.2, -0.15) is 0 Å². The van der Waals surface area contributed by atoms with Gasteiger partial charge in [-0.1, -0.05) is 54.6 Å². The molecule has 3 heterocycles. The lowest BCUT2D eigenvalue weighted by molar-refractivity contribution is -0.122. The van der Waals surface area contributed by atoms with E-state index in [0.29, 0.717) is 26.2 Å². The number of carbonyl (C=O) groups excluding carboxylic acids is 1. The monoisotopic (exact) mass is 461 g/mol. The van der Waals surface area contributed by atoms with Crippen molar-refractivity contribution in [2.24, 2.45) is 0 Å². The minimum absolute atomic E-state index is 0.0122. The van der Waals surface area contributed by atoms with Gasteiger partial charge in [-0.05, 0) is 23.1 Å². The third-order valence-corrected chi connectivity index (χ3v) is 7.28. The summed E-state index contributed by atoms with van der Waals surface area (Å²) in [5.41, 5.74) is 3.09. The molecule has 0 aliphatic carbocycles. The fraction of sp³-hybridized carbons (Fsp3) is 0.200. The fourth-order valence-electron chi connectivity index (χ4n) is 3.79. The van der Waals surface area contributed by atoms with Gasteiger partial charge in [0.2, 0.25) is 5.91 Å². The van der Waals surface area contributed by atoms with E-state index in [1.54, 1.807) is 22.7 Å². The Bertz CT molecular complexity index is 1170. The van der Waals surface area contributed by atoms with Gasteiger partial charge >= 0.3 is 0 Å². The highest BCUT2D eigenvalue weighted by Gasteiger charge is 2.25. The maximum atomic E-state index is 12.8. The van der Waals surface area contributed by atoms with Crippen molar-refractivity contribution in [3.05, 3.63) is 94.3 Å². The zero-order valence-corrected chi connectivity index (χ0v) is 19.1. The zero-order valence-electron chi connectivity index (χ0n) is 17.4. The third-order valence-electron chi connectivity index (χ3n) is 5.35. The Balaban J connectivity index is 1.25. The van der Waals surface area contributed by atoms with Gasteiger partial charge in [0, 0.05) is 24.0 Å². The average Bonchev–Trinajstić information content (AvgIpc) is 3.48. The molecule has 0 saturated heterocycles. The van der Waals surface area contributed by atoms with E-state index >= 15 is 0 Å². The van der Waals surface area contributed by atoms with Crippen LogP contribution in [-0.2, 0) is 17.9 Å². The van der Waals surface area contributed by atoms with Crippen molar-refractivity contribution in [1.29, 1.82) is 0 Å². The highest BCUT2D eigenvalue weighted by atomic mass is 32.1. The van der Waals surface area contributed by atoms with Crippen molar-refractivity contribution >= 4 is 28.6 Å². The van der Waals surface area contributed by atoms with E-state index in [9.17, 15) is 4.79 Å². The van der Waals surface area contributed by atoms with E-state index in [-0.39, 0.29) is 12.0 Å². The molecule has 1 aliphatic heterocycles. The number of fused-ring (bicyclic) bond motifs is 1. The molecule has 4 aromatic rings. The first kappa shape index (κ1) is 20.9. The van der Waals surface area contributed by atoms with E-state index in [2.05, 4.69) is 39.5 Å². The Labute approximate surface area is 195 Å². The lowest BCUT2D eigenvalue weighted by Crippen LogP contribution is -2.38. The maximum Gasteiger partial charge on any atom is 0.234 e. The number of benzene rings is 2. The molecule has 2 aromatic heterocycles. The number of amides is 1. The summed E-state index contributed by atoms with van der Waals surface area (Å²) in [5, 5.41) is 8.08. The van der Waals surface area contributed by atoms with Crippen LogP contribution in [-0.4, -0.2) is 28.9 Å². The van der Waals surface area contributed by atoms with Gasteiger partial charge in [0.1, 0.15) is 16.9 Å². The number of aromatic nitrogens is 1.